The number of aliphatic hydroxyl groups excluding tert-OH is 1. The summed E-state index contributed by atoms with van der Waals surface area (Å²) in [5.74, 6) is 1.74. The molecule has 8 nitrogen and oxygen atoms in total. The van der Waals surface area contributed by atoms with Crippen LogP contribution in [0.15, 0.2) is 53.9 Å². The van der Waals surface area contributed by atoms with Crippen LogP contribution in [0.2, 0.25) is 0 Å². The topological polar surface area (TPSA) is 94.3 Å². The Hall–Kier alpha value is -3.14. The molecule has 0 bridgehead atoms. The van der Waals surface area contributed by atoms with Crippen LogP contribution >= 0.6 is 11.3 Å². The number of β-amino-alcohol motifs (C(OH)–C–C–N with tert-alkyl or cyclic N) is 1. The van der Waals surface area contributed by atoms with Gasteiger partial charge in [-0.15, -0.1) is 11.3 Å². The fourth-order valence-electron chi connectivity index (χ4n) is 4.18. The molecule has 0 fully saturated rings. The van der Waals surface area contributed by atoms with Crippen molar-refractivity contribution in [3.63, 3.8) is 0 Å². The molecule has 0 amide bonds. The molecule has 174 valence electrons. The minimum atomic E-state index is -0.770. The van der Waals surface area contributed by atoms with Gasteiger partial charge in [0.1, 0.15) is 18.5 Å². The number of ether oxygens (including phenoxy) is 3. The fourth-order valence-corrected chi connectivity index (χ4v) is 5.05. The number of fused-ring (bicyclic) bond motifs is 1. The molecule has 4 rings (SSSR count). The van der Waals surface area contributed by atoms with E-state index in [0.29, 0.717) is 23.8 Å². The molecule has 0 saturated carbocycles. The third-order valence-electron chi connectivity index (χ3n) is 5.70. The van der Waals surface area contributed by atoms with Crippen molar-refractivity contribution >= 4 is 17.0 Å². The number of rotatable bonds is 9. The van der Waals surface area contributed by atoms with Gasteiger partial charge in [-0.05, 0) is 47.2 Å². The lowest BCUT2D eigenvalue weighted by atomic mass is 9.90. The summed E-state index contributed by atoms with van der Waals surface area (Å²) in [6.07, 6.45) is 0.0455. The summed E-state index contributed by atoms with van der Waals surface area (Å²) in [7, 11) is 3.26. The number of nitrogens with zero attached hydrogens (tertiary/aromatic N) is 2. The SMILES string of the molecule is COc1cc2c(cc1OC)C(c1cccs1)N(CC(O)COc1cccc([N+](=O)[O-])c1)CC2. The van der Waals surface area contributed by atoms with E-state index in [-0.39, 0.29) is 18.3 Å². The molecule has 0 aliphatic carbocycles. The lowest BCUT2D eigenvalue weighted by Crippen LogP contribution is -2.42. The Morgan fingerprint density at radius 1 is 1.18 bits per heavy atom. The molecule has 0 spiro atoms. The number of hydrogen-bond donors (Lipinski definition) is 1. The Bertz CT molecular complexity index is 1100. The third kappa shape index (κ3) is 5.11. The predicted octanol–water partition coefficient (Wildman–Crippen LogP) is 4.06. The monoisotopic (exact) mass is 470 g/mol. The van der Waals surface area contributed by atoms with Crippen molar-refractivity contribution in [2.24, 2.45) is 0 Å². The average Bonchev–Trinajstić information content (AvgIpc) is 3.36. The summed E-state index contributed by atoms with van der Waals surface area (Å²) in [6, 6.07) is 14.1. The summed E-state index contributed by atoms with van der Waals surface area (Å²) >= 11 is 1.67. The fraction of sp³-hybridized carbons (Fsp3) is 0.333. The second-order valence-corrected chi connectivity index (χ2v) is 8.77. The standard InChI is InChI=1S/C24H26N2O6S/c1-30-21-11-16-8-9-25(24(23-7-4-10-33-23)20(16)13-22(21)31-2)14-18(27)15-32-19-6-3-5-17(12-19)26(28)29/h3-7,10-13,18,24,27H,8-9,14-15H2,1-2H3. The summed E-state index contributed by atoms with van der Waals surface area (Å²) in [5, 5.41) is 23.8. The van der Waals surface area contributed by atoms with Crippen LogP contribution in [0.25, 0.3) is 0 Å². The van der Waals surface area contributed by atoms with Crippen molar-refractivity contribution in [3.8, 4) is 17.2 Å². The Balaban J connectivity index is 1.52. The second-order valence-electron chi connectivity index (χ2n) is 7.79. The third-order valence-corrected chi connectivity index (χ3v) is 6.63. The smallest absolute Gasteiger partial charge is 0.273 e. The number of hydrogen-bond acceptors (Lipinski definition) is 8. The van der Waals surface area contributed by atoms with Crippen LogP contribution in [0, 0.1) is 10.1 Å². The number of nitro groups is 1. The van der Waals surface area contributed by atoms with Crippen molar-refractivity contribution in [2.75, 3.05) is 33.9 Å². The van der Waals surface area contributed by atoms with Gasteiger partial charge in [0.15, 0.2) is 11.5 Å². The molecule has 1 N–H and O–H groups in total. The Morgan fingerprint density at radius 3 is 2.67 bits per heavy atom. The molecule has 9 heteroatoms. The molecule has 2 heterocycles. The molecule has 3 aromatic rings. The highest BCUT2D eigenvalue weighted by Gasteiger charge is 2.32. The van der Waals surface area contributed by atoms with Crippen LogP contribution < -0.4 is 14.2 Å². The highest BCUT2D eigenvalue weighted by Crippen LogP contribution is 2.42. The van der Waals surface area contributed by atoms with Gasteiger partial charge in [-0.1, -0.05) is 12.1 Å². The minimum absolute atomic E-state index is 0.0268. The van der Waals surface area contributed by atoms with Crippen LogP contribution in [0.4, 0.5) is 5.69 Å². The van der Waals surface area contributed by atoms with Gasteiger partial charge in [-0.3, -0.25) is 15.0 Å². The average molecular weight is 471 g/mol. The molecule has 1 aliphatic rings. The van der Waals surface area contributed by atoms with Crippen LogP contribution in [-0.4, -0.2) is 54.9 Å². The van der Waals surface area contributed by atoms with Gasteiger partial charge in [0.25, 0.3) is 5.69 Å². The summed E-state index contributed by atoms with van der Waals surface area (Å²) < 4.78 is 16.7. The molecular formula is C24H26N2O6S. The quantitative estimate of drug-likeness (QED) is 0.372. The maximum absolute atomic E-state index is 11.0. The molecule has 1 aliphatic heterocycles. The summed E-state index contributed by atoms with van der Waals surface area (Å²) in [5.41, 5.74) is 2.29. The van der Waals surface area contributed by atoms with Crippen LogP contribution in [0.1, 0.15) is 22.0 Å². The zero-order valence-electron chi connectivity index (χ0n) is 18.5. The molecule has 0 saturated heterocycles. The van der Waals surface area contributed by atoms with Crippen molar-refractivity contribution < 1.29 is 24.2 Å². The molecule has 2 atom stereocenters. The first-order chi connectivity index (χ1) is 16.0. The molecule has 2 aromatic carbocycles. The number of non-ortho nitro benzene ring substituents is 1. The zero-order valence-corrected chi connectivity index (χ0v) is 19.3. The van der Waals surface area contributed by atoms with Crippen molar-refractivity contribution in [1.82, 2.24) is 4.90 Å². The van der Waals surface area contributed by atoms with Gasteiger partial charge < -0.3 is 19.3 Å². The molecule has 1 aromatic heterocycles. The largest absolute Gasteiger partial charge is 0.493 e. The molecule has 33 heavy (non-hydrogen) atoms. The maximum Gasteiger partial charge on any atom is 0.273 e. The van der Waals surface area contributed by atoms with E-state index in [0.717, 1.165) is 18.5 Å². The van der Waals surface area contributed by atoms with Crippen molar-refractivity contribution in [2.45, 2.75) is 18.6 Å². The van der Waals surface area contributed by atoms with Crippen LogP contribution in [0.5, 0.6) is 17.2 Å². The van der Waals surface area contributed by atoms with E-state index in [1.54, 1.807) is 37.7 Å². The highest BCUT2D eigenvalue weighted by molar-refractivity contribution is 7.10. The van der Waals surface area contributed by atoms with E-state index in [9.17, 15) is 15.2 Å². The normalized spacial score (nSPS) is 16.6. The van der Waals surface area contributed by atoms with Crippen molar-refractivity contribution in [1.29, 1.82) is 0 Å². The Kier molecular flexibility index (Phi) is 7.12. The number of nitro benzene ring substituents is 1. The number of thiophene rings is 1. The van der Waals surface area contributed by atoms with Gasteiger partial charge in [-0.2, -0.15) is 0 Å². The van der Waals surface area contributed by atoms with Gasteiger partial charge in [0.05, 0.1) is 31.3 Å². The van der Waals surface area contributed by atoms with Crippen molar-refractivity contribution in [3.05, 3.63) is 80.0 Å². The lowest BCUT2D eigenvalue weighted by Gasteiger charge is -2.38. The van der Waals surface area contributed by atoms with E-state index in [4.69, 9.17) is 14.2 Å². The van der Waals surface area contributed by atoms with Gasteiger partial charge in [0, 0.05) is 24.0 Å². The van der Waals surface area contributed by atoms with E-state index < -0.39 is 11.0 Å². The first kappa shape index (κ1) is 23.0. The van der Waals surface area contributed by atoms with E-state index in [1.807, 2.05) is 23.6 Å². The van der Waals surface area contributed by atoms with E-state index in [1.165, 1.54) is 22.6 Å². The predicted molar refractivity (Wildman–Crippen MR) is 126 cm³/mol. The molecule has 2 unspecified atom stereocenters. The molecular weight excluding hydrogens is 444 g/mol. The Morgan fingerprint density at radius 2 is 1.97 bits per heavy atom. The van der Waals surface area contributed by atoms with E-state index >= 15 is 0 Å². The van der Waals surface area contributed by atoms with Crippen LogP contribution in [0.3, 0.4) is 0 Å². The lowest BCUT2D eigenvalue weighted by molar-refractivity contribution is -0.384. The van der Waals surface area contributed by atoms with Crippen LogP contribution in [-0.2, 0) is 6.42 Å². The number of aliphatic hydroxyl groups is 1. The van der Waals surface area contributed by atoms with Gasteiger partial charge in [0.2, 0.25) is 0 Å². The first-order valence-corrected chi connectivity index (χ1v) is 11.5. The minimum Gasteiger partial charge on any atom is -0.493 e. The number of benzene rings is 2. The van der Waals surface area contributed by atoms with E-state index in [2.05, 4.69) is 11.0 Å². The van der Waals surface area contributed by atoms with Gasteiger partial charge >= 0.3 is 0 Å². The summed E-state index contributed by atoms with van der Waals surface area (Å²) in [4.78, 5) is 13.9. The number of methoxy groups -OCH3 is 2. The summed E-state index contributed by atoms with van der Waals surface area (Å²) in [6.45, 7) is 1.19. The Labute approximate surface area is 196 Å². The highest BCUT2D eigenvalue weighted by atomic mass is 32.1. The first-order valence-electron chi connectivity index (χ1n) is 10.6. The second kappa shape index (κ2) is 10.2. The van der Waals surface area contributed by atoms with Gasteiger partial charge in [-0.25, -0.2) is 0 Å². The maximum atomic E-state index is 11.0. The molecule has 0 radical (unpaired) electrons. The zero-order chi connectivity index (χ0) is 23.4.